The quantitative estimate of drug-likeness (QED) is 0.464. The van der Waals surface area contributed by atoms with E-state index in [0.29, 0.717) is 44.2 Å². The van der Waals surface area contributed by atoms with Gasteiger partial charge >= 0.3 is 0 Å². The summed E-state index contributed by atoms with van der Waals surface area (Å²) in [5.41, 5.74) is -0.793. The first kappa shape index (κ1) is 24.8. The van der Waals surface area contributed by atoms with Gasteiger partial charge in [0.05, 0.1) is 51.8 Å². The number of hydrogen-bond donors (Lipinski definition) is 3. The second-order valence-electron chi connectivity index (χ2n) is 10.5. The fourth-order valence-electron chi connectivity index (χ4n) is 5.55. The van der Waals surface area contributed by atoms with Crippen LogP contribution in [0.25, 0.3) is 0 Å². The third-order valence-electron chi connectivity index (χ3n) is 8.29. The highest BCUT2D eigenvalue weighted by Crippen LogP contribution is 2.48. The summed E-state index contributed by atoms with van der Waals surface area (Å²) in [5, 5.41) is 28.2. The van der Waals surface area contributed by atoms with E-state index < -0.39 is 23.9 Å². The standard InChI is InChI=1S/C9H16O3.2C7H12O3/c1-6-4-11-9(3)7(10)5-12-8(6,9)2;2*1-4-2-9-7-5(8)3-10-6(4)7/h6-7,10H,4-5H2,1-3H3;2*4-8H,2-3H2,1H3/t6-,7-,8-,9-;4-,5+,6+,7+;4-,5-,6+,7+/m100/s1. The van der Waals surface area contributed by atoms with Gasteiger partial charge in [-0.05, 0) is 13.8 Å². The average Bonchev–Trinajstić information content (AvgIpc) is 3.57. The fraction of sp³-hybridized carbons (Fsp3) is 1.00. The molecule has 0 radical (unpaired) electrons. The molecule has 6 aliphatic rings. The van der Waals surface area contributed by atoms with Crippen molar-refractivity contribution in [2.45, 2.75) is 88.5 Å². The van der Waals surface area contributed by atoms with Crippen LogP contribution in [0.5, 0.6) is 0 Å². The van der Waals surface area contributed by atoms with E-state index in [1.165, 1.54) is 0 Å². The first-order valence-electron chi connectivity index (χ1n) is 11.9. The molecule has 3 N–H and O–H groups in total. The molecule has 6 aliphatic heterocycles. The summed E-state index contributed by atoms with van der Waals surface area (Å²) < 4.78 is 32.5. The van der Waals surface area contributed by atoms with E-state index in [4.69, 9.17) is 28.4 Å². The molecule has 12 atom stereocenters. The zero-order valence-electron chi connectivity index (χ0n) is 19.8. The normalized spacial score (nSPS) is 55.5. The van der Waals surface area contributed by atoms with Crippen LogP contribution in [0.1, 0.15) is 34.6 Å². The zero-order chi connectivity index (χ0) is 23.3. The monoisotopic (exact) mass is 460 g/mol. The van der Waals surface area contributed by atoms with Gasteiger partial charge in [-0.3, -0.25) is 0 Å². The number of aliphatic hydroxyl groups is 3. The Morgan fingerprint density at radius 3 is 1.44 bits per heavy atom. The van der Waals surface area contributed by atoms with Crippen LogP contribution in [0, 0.1) is 17.8 Å². The van der Waals surface area contributed by atoms with Gasteiger partial charge in [0.2, 0.25) is 0 Å². The van der Waals surface area contributed by atoms with Crippen LogP contribution < -0.4 is 0 Å². The highest BCUT2D eigenvalue weighted by Gasteiger charge is 2.63. The molecule has 6 rings (SSSR count). The first-order chi connectivity index (χ1) is 15.1. The number of aliphatic hydroxyl groups excluding tert-OH is 3. The van der Waals surface area contributed by atoms with Gasteiger partial charge in [-0.1, -0.05) is 20.8 Å². The first-order valence-corrected chi connectivity index (χ1v) is 11.9. The van der Waals surface area contributed by atoms with Crippen LogP contribution in [-0.2, 0) is 28.4 Å². The van der Waals surface area contributed by atoms with Crippen molar-refractivity contribution in [3.63, 3.8) is 0 Å². The lowest BCUT2D eigenvalue weighted by Gasteiger charge is -2.34. The SMILES string of the molecule is C[C@@H]1CO[C@]2(C)[C@H](O)CO[C@]12C.C[C@H]1CO[C@H]2[C@@H]1OC[C@@H]2O.C[C@H]1CO[C@H]2[C@@H]1OC[C@H]2O. The minimum absolute atomic E-state index is 0.0463. The van der Waals surface area contributed by atoms with E-state index in [9.17, 15) is 15.3 Å². The molecule has 9 nitrogen and oxygen atoms in total. The van der Waals surface area contributed by atoms with Crippen LogP contribution in [-0.4, -0.2) is 109 Å². The molecule has 6 heterocycles. The van der Waals surface area contributed by atoms with Gasteiger partial charge in [-0.25, -0.2) is 0 Å². The molecule has 0 bridgehead atoms. The molecule has 0 aromatic heterocycles. The summed E-state index contributed by atoms with van der Waals surface area (Å²) in [4.78, 5) is 0. The molecule has 0 aromatic carbocycles. The second kappa shape index (κ2) is 9.36. The van der Waals surface area contributed by atoms with E-state index in [1.54, 1.807) is 0 Å². The van der Waals surface area contributed by atoms with Crippen molar-refractivity contribution in [1.29, 1.82) is 0 Å². The number of fused-ring (bicyclic) bond motifs is 3. The van der Waals surface area contributed by atoms with Crippen molar-refractivity contribution in [2.75, 3.05) is 39.6 Å². The molecule has 32 heavy (non-hydrogen) atoms. The maximum atomic E-state index is 9.69. The van der Waals surface area contributed by atoms with Gasteiger partial charge < -0.3 is 43.7 Å². The Labute approximate surface area is 190 Å². The van der Waals surface area contributed by atoms with E-state index in [2.05, 4.69) is 20.8 Å². The Hall–Kier alpha value is -0.360. The minimum atomic E-state index is -0.494. The van der Waals surface area contributed by atoms with Crippen molar-refractivity contribution in [1.82, 2.24) is 0 Å². The van der Waals surface area contributed by atoms with Crippen LogP contribution >= 0.6 is 0 Å². The lowest BCUT2D eigenvalue weighted by Crippen LogP contribution is -2.51. The van der Waals surface area contributed by atoms with Crippen molar-refractivity contribution in [3.05, 3.63) is 0 Å². The summed E-state index contributed by atoms with van der Waals surface area (Å²) in [7, 11) is 0. The molecule has 186 valence electrons. The third kappa shape index (κ3) is 4.14. The predicted octanol–water partition coefficient (Wildman–Crippen LogP) is 0.123. The van der Waals surface area contributed by atoms with E-state index >= 15 is 0 Å². The van der Waals surface area contributed by atoms with Crippen molar-refractivity contribution < 1.29 is 43.7 Å². The topological polar surface area (TPSA) is 116 Å². The molecule has 0 spiro atoms. The lowest BCUT2D eigenvalue weighted by atomic mass is 9.79. The predicted molar refractivity (Wildman–Crippen MR) is 113 cm³/mol. The molecular formula is C23H40O9. The average molecular weight is 461 g/mol. The highest BCUT2D eigenvalue weighted by atomic mass is 16.6. The van der Waals surface area contributed by atoms with Gasteiger partial charge in [-0.2, -0.15) is 0 Å². The van der Waals surface area contributed by atoms with E-state index in [-0.39, 0.29) is 30.0 Å². The van der Waals surface area contributed by atoms with E-state index in [1.807, 2.05) is 13.8 Å². The maximum absolute atomic E-state index is 9.69. The van der Waals surface area contributed by atoms with Crippen LogP contribution in [0.4, 0.5) is 0 Å². The summed E-state index contributed by atoms with van der Waals surface area (Å²) >= 11 is 0. The van der Waals surface area contributed by atoms with Gasteiger partial charge in [0, 0.05) is 17.8 Å². The molecule has 9 heteroatoms. The Kier molecular flexibility index (Phi) is 7.24. The summed E-state index contributed by atoms with van der Waals surface area (Å²) in [6.07, 6.45) is -1.06. The molecule has 0 unspecified atom stereocenters. The maximum Gasteiger partial charge on any atom is 0.122 e. The Morgan fingerprint density at radius 1 is 0.562 bits per heavy atom. The second-order valence-corrected chi connectivity index (χ2v) is 10.5. The van der Waals surface area contributed by atoms with Crippen molar-refractivity contribution >= 4 is 0 Å². The molecular weight excluding hydrogens is 420 g/mol. The number of rotatable bonds is 0. The summed E-state index contributed by atoms with van der Waals surface area (Å²) in [6.45, 7) is 13.7. The molecule has 0 aromatic rings. The van der Waals surface area contributed by atoms with Crippen LogP contribution in [0.2, 0.25) is 0 Å². The van der Waals surface area contributed by atoms with Gasteiger partial charge in [0.25, 0.3) is 0 Å². The van der Waals surface area contributed by atoms with Gasteiger partial charge in [-0.15, -0.1) is 0 Å². The molecule has 0 amide bonds. The van der Waals surface area contributed by atoms with Gasteiger partial charge in [0.15, 0.2) is 0 Å². The molecule has 6 fully saturated rings. The van der Waals surface area contributed by atoms with Crippen LogP contribution in [0.15, 0.2) is 0 Å². The zero-order valence-corrected chi connectivity index (χ0v) is 19.8. The minimum Gasteiger partial charge on any atom is -0.388 e. The van der Waals surface area contributed by atoms with Gasteiger partial charge in [0.1, 0.15) is 41.7 Å². The fourth-order valence-corrected chi connectivity index (χ4v) is 5.55. The Morgan fingerprint density at radius 2 is 1.00 bits per heavy atom. The Balaban J connectivity index is 0.000000115. The van der Waals surface area contributed by atoms with E-state index in [0.717, 1.165) is 13.2 Å². The largest absolute Gasteiger partial charge is 0.388 e. The molecule has 0 saturated carbocycles. The number of ether oxygens (including phenoxy) is 6. The Bertz CT molecular complexity index is 563. The third-order valence-corrected chi connectivity index (χ3v) is 8.29. The molecule has 6 saturated heterocycles. The number of hydrogen-bond acceptors (Lipinski definition) is 9. The summed E-state index contributed by atoms with van der Waals surface area (Å²) in [6, 6.07) is 0. The highest BCUT2D eigenvalue weighted by molar-refractivity contribution is 5.12. The lowest BCUT2D eigenvalue weighted by molar-refractivity contribution is -0.0973. The summed E-state index contributed by atoms with van der Waals surface area (Å²) in [5.74, 6) is 1.25. The van der Waals surface area contributed by atoms with Crippen LogP contribution in [0.3, 0.4) is 0 Å². The van der Waals surface area contributed by atoms with Crippen molar-refractivity contribution in [3.8, 4) is 0 Å². The van der Waals surface area contributed by atoms with Crippen molar-refractivity contribution in [2.24, 2.45) is 17.8 Å². The molecule has 0 aliphatic carbocycles. The smallest absolute Gasteiger partial charge is 0.122 e.